The van der Waals surface area contributed by atoms with Crippen LogP contribution in [0, 0.1) is 17.8 Å². The van der Waals surface area contributed by atoms with Gasteiger partial charge in [0.05, 0.1) is 28.2 Å². The lowest BCUT2D eigenvalue weighted by Gasteiger charge is -2.54. The molecule has 3 aliphatic rings. The minimum absolute atomic E-state index is 0.0751. The molecule has 5 rings (SSSR count). The number of sulfone groups is 1. The molecule has 42 heavy (non-hydrogen) atoms. The molecule has 2 heterocycles. The number of anilines is 3. The maximum absolute atomic E-state index is 13.5. The summed E-state index contributed by atoms with van der Waals surface area (Å²) in [6.45, 7) is 3.45. The number of unbranched alkanes of at least 4 members (excludes halogenated alkanes) is 4. The monoisotopic (exact) mass is 619 g/mol. The van der Waals surface area contributed by atoms with Gasteiger partial charge in [-0.1, -0.05) is 32.6 Å². The molecule has 0 aromatic heterocycles. The van der Waals surface area contributed by atoms with Crippen molar-refractivity contribution in [3.8, 4) is 0 Å². The van der Waals surface area contributed by atoms with Crippen molar-refractivity contribution in [3.63, 3.8) is 0 Å². The second-order valence-electron chi connectivity index (χ2n) is 11.6. The topological polar surface area (TPSA) is 141 Å². The molecule has 2 saturated heterocycles. The Balaban J connectivity index is 1.51. The van der Waals surface area contributed by atoms with E-state index >= 15 is 0 Å². The molecule has 230 valence electrons. The van der Waals surface area contributed by atoms with Crippen LogP contribution in [0.15, 0.2) is 47.4 Å². The number of carboxylic acid groups (broad SMARTS) is 1. The van der Waals surface area contributed by atoms with E-state index in [1.807, 2.05) is 0 Å². The van der Waals surface area contributed by atoms with E-state index in [9.17, 15) is 31.5 Å². The van der Waals surface area contributed by atoms with E-state index in [1.54, 1.807) is 18.2 Å². The molecule has 2 unspecified atom stereocenters. The zero-order valence-electron chi connectivity index (χ0n) is 24.5. The highest BCUT2D eigenvalue weighted by atomic mass is 32.2. The third kappa shape index (κ3) is 7.44. The van der Waals surface area contributed by atoms with Gasteiger partial charge in [-0.2, -0.15) is 0 Å². The molecule has 1 amide bonds. The highest BCUT2D eigenvalue weighted by Gasteiger charge is 2.47. The lowest BCUT2D eigenvalue weighted by Crippen LogP contribution is -2.55. The average Bonchev–Trinajstić information content (AvgIpc) is 2.94. The minimum atomic E-state index is -3.66. The molecule has 10 nitrogen and oxygen atoms in total. The molecular weight excluding hydrogens is 578 g/mol. The number of benzene rings is 2. The van der Waals surface area contributed by atoms with Gasteiger partial charge in [-0.25, -0.2) is 16.8 Å². The summed E-state index contributed by atoms with van der Waals surface area (Å²) in [5.74, 6) is -0.553. The zero-order valence-corrected chi connectivity index (χ0v) is 26.1. The van der Waals surface area contributed by atoms with Gasteiger partial charge in [0, 0.05) is 37.9 Å². The molecule has 2 aromatic rings. The van der Waals surface area contributed by atoms with Gasteiger partial charge in [0.2, 0.25) is 10.0 Å². The van der Waals surface area contributed by atoms with Crippen LogP contribution < -0.4 is 14.5 Å². The van der Waals surface area contributed by atoms with Crippen molar-refractivity contribution in [1.29, 1.82) is 0 Å². The fraction of sp³-hybridized carbons (Fsp3) is 0.533. The van der Waals surface area contributed by atoms with Crippen molar-refractivity contribution in [2.45, 2.75) is 56.8 Å². The molecule has 1 aliphatic carbocycles. The zero-order chi connectivity index (χ0) is 30.7. The van der Waals surface area contributed by atoms with Crippen molar-refractivity contribution in [3.05, 3.63) is 48.0 Å². The van der Waals surface area contributed by atoms with Gasteiger partial charge in [-0.15, -0.1) is 0 Å². The molecule has 3 fully saturated rings. The predicted octanol–water partition coefficient (Wildman–Crippen LogP) is 4.63. The second kappa shape index (κ2) is 13.0. The quantitative estimate of drug-likeness (QED) is 0.292. The normalized spacial score (nSPS) is 20.1. The summed E-state index contributed by atoms with van der Waals surface area (Å²) in [6.07, 6.45) is 6.87. The Morgan fingerprint density at radius 3 is 2.21 bits per heavy atom. The summed E-state index contributed by atoms with van der Waals surface area (Å²) in [4.78, 5) is 27.1. The van der Waals surface area contributed by atoms with Crippen molar-refractivity contribution in [2.75, 3.05) is 46.7 Å². The number of fused-ring (bicyclic) bond motifs is 2. The largest absolute Gasteiger partial charge is 0.481 e. The van der Waals surface area contributed by atoms with E-state index < -0.39 is 31.7 Å². The summed E-state index contributed by atoms with van der Waals surface area (Å²) in [6, 6.07) is 11.1. The van der Waals surface area contributed by atoms with Gasteiger partial charge in [0.1, 0.15) is 0 Å². The van der Waals surface area contributed by atoms with E-state index in [-0.39, 0.29) is 46.1 Å². The molecule has 2 N–H and O–H groups in total. The fourth-order valence-corrected chi connectivity index (χ4v) is 7.93. The van der Waals surface area contributed by atoms with Crippen LogP contribution in [0.4, 0.5) is 17.1 Å². The lowest BCUT2D eigenvalue weighted by atomic mass is 9.60. The molecule has 2 atom stereocenters. The van der Waals surface area contributed by atoms with Crippen molar-refractivity contribution < 1.29 is 31.5 Å². The standard InChI is InChI=1S/C30H41N3O7S2/c1-4-5-6-7-8-15-42(39,40)25-12-9-23(10-13-25)31-30(36)27-17-24(11-14-28(27)32(2)41(3,37)38)33-19-21-16-22(20-33)26(21)18-29(34)35/h9-14,17,21-22,26H,4-8,15-16,18-20H2,1-3H3,(H,31,36)(H,34,35). The summed E-state index contributed by atoms with van der Waals surface area (Å²) >= 11 is 0. The number of hydrogen-bond acceptors (Lipinski definition) is 7. The molecule has 0 spiro atoms. The van der Waals surface area contributed by atoms with E-state index in [0.717, 1.165) is 48.4 Å². The number of piperidine rings is 2. The van der Waals surface area contributed by atoms with Gasteiger partial charge in [-0.05, 0) is 73.1 Å². The summed E-state index contributed by atoms with van der Waals surface area (Å²) < 4.78 is 51.3. The van der Waals surface area contributed by atoms with Crippen LogP contribution in [0.5, 0.6) is 0 Å². The number of nitrogens with zero attached hydrogens (tertiary/aromatic N) is 2. The van der Waals surface area contributed by atoms with E-state index in [1.165, 1.54) is 31.3 Å². The number of carbonyl (C=O) groups is 2. The molecule has 2 aliphatic heterocycles. The Hall–Kier alpha value is -3.12. The summed E-state index contributed by atoms with van der Waals surface area (Å²) in [7, 11) is -5.71. The van der Waals surface area contributed by atoms with Gasteiger partial charge in [0.15, 0.2) is 9.84 Å². The van der Waals surface area contributed by atoms with E-state index in [2.05, 4.69) is 17.1 Å². The van der Waals surface area contributed by atoms with E-state index in [0.29, 0.717) is 25.2 Å². The number of nitrogens with one attached hydrogen (secondary N) is 1. The Kier molecular flexibility index (Phi) is 9.87. The first kappa shape index (κ1) is 31.8. The highest BCUT2D eigenvalue weighted by Crippen LogP contribution is 2.48. The Morgan fingerprint density at radius 2 is 1.62 bits per heavy atom. The van der Waals surface area contributed by atoms with Gasteiger partial charge in [-0.3, -0.25) is 13.9 Å². The third-order valence-electron chi connectivity index (χ3n) is 8.55. The maximum Gasteiger partial charge on any atom is 0.303 e. The smallest absolute Gasteiger partial charge is 0.303 e. The van der Waals surface area contributed by atoms with Crippen LogP contribution in [0.3, 0.4) is 0 Å². The Morgan fingerprint density at radius 1 is 0.976 bits per heavy atom. The summed E-state index contributed by atoms with van der Waals surface area (Å²) in [5, 5.41) is 12.0. The summed E-state index contributed by atoms with van der Waals surface area (Å²) in [5.41, 5.74) is 1.52. The number of carboxylic acids is 1. The van der Waals surface area contributed by atoms with Crippen LogP contribution in [0.2, 0.25) is 0 Å². The number of sulfonamides is 1. The molecular formula is C30H41N3O7S2. The van der Waals surface area contributed by atoms with Crippen molar-refractivity contribution in [2.24, 2.45) is 17.8 Å². The first-order valence-electron chi connectivity index (χ1n) is 14.5. The molecule has 2 aromatic carbocycles. The van der Waals surface area contributed by atoms with Gasteiger partial charge >= 0.3 is 5.97 Å². The van der Waals surface area contributed by atoms with Crippen LogP contribution >= 0.6 is 0 Å². The first-order valence-corrected chi connectivity index (χ1v) is 18.0. The number of rotatable bonds is 14. The van der Waals surface area contributed by atoms with E-state index in [4.69, 9.17) is 0 Å². The van der Waals surface area contributed by atoms with Crippen molar-refractivity contribution in [1.82, 2.24) is 0 Å². The molecule has 2 bridgehead atoms. The van der Waals surface area contributed by atoms with Crippen LogP contribution in [-0.4, -0.2) is 66.0 Å². The van der Waals surface area contributed by atoms with Crippen LogP contribution in [0.1, 0.15) is 62.2 Å². The Labute approximate surface area is 249 Å². The first-order chi connectivity index (χ1) is 19.8. The van der Waals surface area contributed by atoms with Gasteiger partial charge < -0.3 is 15.3 Å². The highest BCUT2D eigenvalue weighted by molar-refractivity contribution is 7.92. The minimum Gasteiger partial charge on any atom is -0.481 e. The average molecular weight is 620 g/mol. The number of carbonyl (C=O) groups excluding carboxylic acids is 1. The molecule has 0 radical (unpaired) electrons. The number of hydrogen-bond donors (Lipinski definition) is 2. The third-order valence-corrected chi connectivity index (χ3v) is 11.6. The second-order valence-corrected chi connectivity index (χ2v) is 15.7. The number of aliphatic carboxylic acids is 1. The Bertz CT molecular complexity index is 1500. The van der Waals surface area contributed by atoms with Crippen LogP contribution in [0.25, 0.3) is 0 Å². The fourth-order valence-electron chi connectivity index (χ4n) is 6.05. The molecule has 1 saturated carbocycles. The number of amides is 1. The van der Waals surface area contributed by atoms with Crippen molar-refractivity contribution >= 4 is 48.8 Å². The maximum atomic E-state index is 13.5. The van der Waals surface area contributed by atoms with Crippen LogP contribution in [-0.2, 0) is 24.7 Å². The van der Waals surface area contributed by atoms with Gasteiger partial charge in [0.25, 0.3) is 5.91 Å². The molecule has 12 heteroatoms. The predicted molar refractivity (Wildman–Crippen MR) is 164 cm³/mol. The lowest BCUT2D eigenvalue weighted by molar-refractivity contribution is -0.141. The SMILES string of the molecule is CCCCCCCS(=O)(=O)c1ccc(NC(=O)c2cc(N3CC4CC(C3)C4CC(=O)O)ccc2N(C)S(C)(=O)=O)cc1.